The Morgan fingerprint density at radius 3 is 2.36 bits per heavy atom. The number of rotatable bonds is 5. The highest BCUT2D eigenvalue weighted by atomic mass is 35.5. The van der Waals surface area contributed by atoms with Crippen molar-refractivity contribution in [2.75, 3.05) is 10.6 Å². The van der Waals surface area contributed by atoms with E-state index in [2.05, 4.69) is 15.6 Å². The molecule has 1 aromatic heterocycles. The van der Waals surface area contributed by atoms with Crippen molar-refractivity contribution >= 4 is 40.6 Å². The largest absolute Gasteiger partial charge is 0.375 e. The maximum Gasteiger partial charge on any atom is 0.256 e. The molecule has 0 spiro atoms. The van der Waals surface area contributed by atoms with E-state index in [1.165, 1.54) is 0 Å². The third-order valence-corrected chi connectivity index (χ3v) is 5.57. The molecular weight excluding hydrogens is 393 g/mol. The molecule has 0 atom stereocenters. The highest BCUT2D eigenvalue weighted by Gasteiger charge is 2.38. The van der Waals surface area contributed by atoms with Gasteiger partial charge in [0.25, 0.3) is 5.91 Å². The molecule has 0 aliphatic heterocycles. The van der Waals surface area contributed by atoms with Gasteiger partial charge in [0.15, 0.2) is 0 Å². The molecular formula is C22H19Cl2N3O. The lowest BCUT2D eigenvalue weighted by Crippen LogP contribution is -2.42. The van der Waals surface area contributed by atoms with Gasteiger partial charge in [0.05, 0.1) is 5.54 Å². The molecule has 2 aromatic carbocycles. The molecule has 0 radical (unpaired) electrons. The fraction of sp³-hybridized carbons (Fsp3) is 0.182. The number of benzene rings is 2. The van der Waals surface area contributed by atoms with Crippen molar-refractivity contribution in [1.82, 2.24) is 4.98 Å². The number of amides is 1. The van der Waals surface area contributed by atoms with E-state index in [0.717, 1.165) is 35.5 Å². The molecule has 3 aromatic rings. The van der Waals surface area contributed by atoms with Crippen LogP contribution in [0, 0.1) is 0 Å². The highest BCUT2D eigenvalue weighted by Crippen LogP contribution is 2.44. The minimum atomic E-state index is -0.236. The summed E-state index contributed by atoms with van der Waals surface area (Å²) in [5, 5.41) is 7.68. The summed E-state index contributed by atoms with van der Waals surface area (Å²) in [6, 6.07) is 18.4. The van der Waals surface area contributed by atoms with Gasteiger partial charge in [0, 0.05) is 27.5 Å². The van der Waals surface area contributed by atoms with Crippen molar-refractivity contribution in [2.45, 2.75) is 24.8 Å². The van der Waals surface area contributed by atoms with Crippen LogP contribution in [0.25, 0.3) is 0 Å². The molecule has 1 amide bonds. The molecule has 6 heteroatoms. The van der Waals surface area contributed by atoms with Crippen molar-refractivity contribution in [2.24, 2.45) is 0 Å². The second kappa shape index (κ2) is 7.82. The van der Waals surface area contributed by atoms with E-state index >= 15 is 0 Å². The van der Waals surface area contributed by atoms with Gasteiger partial charge in [-0.3, -0.25) is 4.79 Å². The zero-order chi connectivity index (χ0) is 19.6. The van der Waals surface area contributed by atoms with Gasteiger partial charge in [-0.15, -0.1) is 0 Å². The standard InChI is InChI=1S/C22H19Cl2N3O/c23-17-6-8-19(9-7-17)27-22(11-2-12-22)16-5-10-20(25-14-16)26-21(28)15-3-1-4-18(24)13-15/h1,3-10,13-14,27H,2,11-12H2,(H,25,26,28). The SMILES string of the molecule is O=C(Nc1ccc(C2(Nc3ccc(Cl)cc3)CCC2)cn1)c1cccc(Cl)c1. The molecule has 1 saturated carbocycles. The summed E-state index contributed by atoms with van der Waals surface area (Å²) < 4.78 is 0. The number of anilines is 2. The van der Waals surface area contributed by atoms with Gasteiger partial charge in [-0.05, 0) is 73.4 Å². The fourth-order valence-corrected chi connectivity index (χ4v) is 3.71. The first-order valence-corrected chi connectivity index (χ1v) is 9.87. The molecule has 0 bridgehead atoms. The summed E-state index contributed by atoms with van der Waals surface area (Å²) in [6.45, 7) is 0. The van der Waals surface area contributed by atoms with E-state index in [4.69, 9.17) is 23.2 Å². The number of hydrogen-bond acceptors (Lipinski definition) is 3. The van der Waals surface area contributed by atoms with Gasteiger partial charge in [0.2, 0.25) is 0 Å². The Bertz CT molecular complexity index is 983. The molecule has 1 heterocycles. The topological polar surface area (TPSA) is 54.0 Å². The van der Waals surface area contributed by atoms with E-state index < -0.39 is 0 Å². The van der Waals surface area contributed by atoms with Crippen molar-refractivity contribution in [3.05, 3.63) is 88.0 Å². The first-order valence-electron chi connectivity index (χ1n) is 9.11. The number of carbonyl (C=O) groups excluding carboxylic acids is 1. The molecule has 1 aliphatic carbocycles. The van der Waals surface area contributed by atoms with Crippen molar-refractivity contribution in [3.63, 3.8) is 0 Å². The monoisotopic (exact) mass is 411 g/mol. The number of carbonyl (C=O) groups is 1. The van der Waals surface area contributed by atoms with Crippen LogP contribution in [-0.4, -0.2) is 10.9 Å². The normalized spacial score (nSPS) is 14.8. The molecule has 1 fully saturated rings. The summed E-state index contributed by atoms with van der Waals surface area (Å²) in [7, 11) is 0. The van der Waals surface area contributed by atoms with Crippen LogP contribution in [0.5, 0.6) is 0 Å². The Labute approximate surface area is 173 Å². The molecule has 4 nitrogen and oxygen atoms in total. The quantitative estimate of drug-likeness (QED) is 0.530. The van der Waals surface area contributed by atoms with Crippen LogP contribution in [0.4, 0.5) is 11.5 Å². The summed E-state index contributed by atoms with van der Waals surface area (Å²) in [5.74, 6) is 0.273. The van der Waals surface area contributed by atoms with Crippen LogP contribution < -0.4 is 10.6 Å². The zero-order valence-corrected chi connectivity index (χ0v) is 16.6. The highest BCUT2D eigenvalue weighted by molar-refractivity contribution is 6.31. The van der Waals surface area contributed by atoms with Crippen molar-refractivity contribution < 1.29 is 4.79 Å². The molecule has 142 valence electrons. The Morgan fingerprint density at radius 2 is 1.75 bits per heavy atom. The van der Waals surface area contributed by atoms with Crippen molar-refractivity contribution in [3.8, 4) is 0 Å². The molecule has 2 N–H and O–H groups in total. The molecule has 28 heavy (non-hydrogen) atoms. The van der Waals surface area contributed by atoms with Gasteiger partial charge in [-0.1, -0.05) is 35.3 Å². The second-order valence-electron chi connectivity index (χ2n) is 6.96. The van der Waals surface area contributed by atoms with Gasteiger partial charge >= 0.3 is 0 Å². The zero-order valence-electron chi connectivity index (χ0n) is 15.1. The van der Waals surface area contributed by atoms with Gasteiger partial charge < -0.3 is 10.6 Å². The van der Waals surface area contributed by atoms with Crippen LogP contribution in [0.15, 0.2) is 66.9 Å². The summed E-state index contributed by atoms with van der Waals surface area (Å²) >= 11 is 11.9. The summed E-state index contributed by atoms with van der Waals surface area (Å²) in [4.78, 5) is 16.8. The maximum atomic E-state index is 12.4. The van der Waals surface area contributed by atoms with E-state index in [-0.39, 0.29) is 11.4 Å². The molecule has 4 rings (SSSR count). The third kappa shape index (κ3) is 3.98. The fourth-order valence-electron chi connectivity index (χ4n) is 3.39. The van der Waals surface area contributed by atoms with Crippen LogP contribution >= 0.6 is 23.2 Å². The number of halogens is 2. The Balaban J connectivity index is 1.48. The third-order valence-electron chi connectivity index (χ3n) is 5.08. The predicted molar refractivity (Wildman–Crippen MR) is 114 cm³/mol. The Morgan fingerprint density at radius 1 is 0.964 bits per heavy atom. The van der Waals surface area contributed by atoms with E-state index in [0.29, 0.717) is 16.4 Å². The molecule has 1 aliphatic rings. The molecule has 0 unspecified atom stereocenters. The van der Waals surface area contributed by atoms with E-state index in [1.54, 1.807) is 24.3 Å². The minimum Gasteiger partial charge on any atom is -0.375 e. The van der Waals surface area contributed by atoms with Crippen LogP contribution in [0.2, 0.25) is 10.0 Å². The number of aromatic nitrogens is 1. The number of nitrogens with one attached hydrogen (secondary N) is 2. The van der Waals surface area contributed by atoms with Crippen molar-refractivity contribution in [1.29, 1.82) is 0 Å². The molecule has 0 saturated heterocycles. The predicted octanol–water partition coefficient (Wildman–Crippen LogP) is 6.13. The lowest BCUT2D eigenvalue weighted by atomic mass is 9.72. The summed E-state index contributed by atoms with van der Waals surface area (Å²) in [6.07, 6.45) is 5.06. The second-order valence-corrected chi connectivity index (χ2v) is 7.84. The van der Waals surface area contributed by atoms with Gasteiger partial charge in [-0.25, -0.2) is 4.98 Å². The number of nitrogens with zero attached hydrogens (tertiary/aromatic N) is 1. The van der Waals surface area contributed by atoms with Gasteiger partial charge in [-0.2, -0.15) is 0 Å². The average Bonchev–Trinajstić information content (AvgIpc) is 2.67. The number of hydrogen-bond donors (Lipinski definition) is 2. The number of pyridine rings is 1. The first-order chi connectivity index (χ1) is 13.5. The Kier molecular flexibility index (Phi) is 5.25. The maximum absolute atomic E-state index is 12.4. The average molecular weight is 412 g/mol. The minimum absolute atomic E-state index is 0.129. The first kappa shape index (κ1) is 18.8. The van der Waals surface area contributed by atoms with E-state index in [9.17, 15) is 4.79 Å². The Hall–Kier alpha value is -2.56. The van der Waals surface area contributed by atoms with E-state index in [1.807, 2.05) is 42.6 Å². The lowest BCUT2D eigenvalue weighted by molar-refractivity contribution is 0.102. The lowest BCUT2D eigenvalue weighted by Gasteiger charge is -2.43. The summed E-state index contributed by atoms with van der Waals surface area (Å²) in [5.41, 5.74) is 2.51. The van der Waals surface area contributed by atoms with Crippen LogP contribution in [0.3, 0.4) is 0 Å². The smallest absolute Gasteiger partial charge is 0.256 e. The van der Waals surface area contributed by atoms with Crippen LogP contribution in [0.1, 0.15) is 35.2 Å². The van der Waals surface area contributed by atoms with Crippen LogP contribution in [-0.2, 0) is 5.54 Å². The van der Waals surface area contributed by atoms with Gasteiger partial charge in [0.1, 0.15) is 5.82 Å².